The second-order valence-electron chi connectivity index (χ2n) is 6.73. The maximum atomic E-state index is 10.1. The fourth-order valence-corrected chi connectivity index (χ4v) is 1.88. The van der Waals surface area contributed by atoms with Gasteiger partial charge in [0.1, 0.15) is 12.6 Å². The van der Waals surface area contributed by atoms with Crippen molar-refractivity contribution < 1.29 is 9.59 Å². The van der Waals surface area contributed by atoms with Crippen LogP contribution in [-0.2, 0) is 9.59 Å². The van der Waals surface area contributed by atoms with Gasteiger partial charge in [-0.3, -0.25) is 0 Å². The van der Waals surface area contributed by atoms with E-state index in [9.17, 15) is 9.59 Å². The smallest absolute Gasteiger partial charge is 0.120 e. The first-order chi connectivity index (χ1) is 10.3. The van der Waals surface area contributed by atoms with Crippen LogP contribution in [0.5, 0.6) is 0 Å². The van der Waals surface area contributed by atoms with Crippen molar-refractivity contribution in [2.45, 2.75) is 80.1 Å². The zero-order valence-electron chi connectivity index (χ0n) is 15.5. The van der Waals surface area contributed by atoms with Crippen LogP contribution in [0.25, 0.3) is 0 Å². The molecule has 2 heteroatoms. The lowest BCUT2D eigenvalue weighted by molar-refractivity contribution is -0.109. The molecule has 0 aromatic carbocycles. The van der Waals surface area contributed by atoms with E-state index >= 15 is 0 Å². The van der Waals surface area contributed by atoms with Crippen molar-refractivity contribution in [1.82, 2.24) is 0 Å². The molecule has 2 unspecified atom stereocenters. The van der Waals surface area contributed by atoms with Crippen LogP contribution in [0.15, 0.2) is 23.3 Å². The minimum atomic E-state index is 0.545. The summed E-state index contributed by atoms with van der Waals surface area (Å²) in [5.74, 6) is 1.09. The molecule has 0 bridgehead atoms. The highest BCUT2D eigenvalue weighted by atomic mass is 16.1. The molecule has 0 aromatic rings. The van der Waals surface area contributed by atoms with Crippen molar-refractivity contribution >= 4 is 12.6 Å². The van der Waals surface area contributed by atoms with Gasteiger partial charge in [-0.05, 0) is 65.2 Å². The van der Waals surface area contributed by atoms with E-state index in [1.807, 2.05) is 0 Å². The minimum Gasteiger partial charge on any atom is -0.303 e. The van der Waals surface area contributed by atoms with Crippen LogP contribution in [0.1, 0.15) is 80.1 Å². The number of hydrogen-bond acceptors (Lipinski definition) is 2. The fraction of sp³-hybridized carbons (Fsp3) is 0.700. The molecule has 128 valence electrons. The van der Waals surface area contributed by atoms with E-state index in [1.54, 1.807) is 0 Å². The fourth-order valence-electron chi connectivity index (χ4n) is 1.88. The van der Waals surface area contributed by atoms with E-state index in [4.69, 9.17) is 0 Å². The van der Waals surface area contributed by atoms with Crippen LogP contribution in [0, 0.1) is 11.8 Å². The summed E-state index contributed by atoms with van der Waals surface area (Å²) in [6.07, 6.45) is 12.3. The lowest BCUT2D eigenvalue weighted by Crippen LogP contribution is -1.93. The number of hydrogen-bond donors (Lipinski definition) is 0. The molecule has 0 rings (SSSR count). The summed E-state index contributed by atoms with van der Waals surface area (Å²) in [4.78, 5) is 20.2. The number of carbonyl (C=O) groups is 2. The van der Waals surface area contributed by atoms with Gasteiger partial charge in [0.05, 0.1) is 0 Å². The van der Waals surface area contributed by atoms with Crippen molar-refractivity contribution in [2.75, 3.05) is 0 Å². The first kappa shape index (κ1) is 23.1. The molecule has 0 fully saturated rings. The Balaban J connectivity index is 0. The Bertz CT molecular complexity index is 298. The van der Waals surface area contributed by atoms with E-state index in [0.717, 1.165) is 38.3 Å². The average molecular weight is 309 g/mol. The van der Waals surface area contributed by atoms with Crippen molar-refractivity contribution in [3.63, 3.8) is 0 Å². The number of carbonyl (C=O) groups excluding carboxylic acids is 2. The largest absolute Gasteiger partial charge is 0.303 e. The zero-order chi connectivity index (χ0) is 17.4. The summed E-state index contributed by atoms with van der Waals surface area (Å²) < 4.78 is 0. The van der Waals surface area contributed by atoms with Gasteiger partial charge in [-0.25, -0.2) is 0 Å². The SMILES string of the molecule is CC(C)=CCCC(C)CC=O.CC(C)=CCCC(C)CC=O. The Hall–Kier alpha value is -1.18. The second-order valence-corrected chi connectivity index (χ2v) is 6.73. The predicted octanol–water partition coefficient (Wildman–Crippen LogP) is 5.92. The quantitative estimate of drug-likeness (QED) is 0.371. The van der Waals surface area contributed by atoms with E-state index in [0.29, 0.717) is 24.7 Å². The monoisotopic (exact) mass is 308 g/mol. The van der Waals surface area contributed by atoms with Gasteiger partial charge in [-0.15, -0.1) is 0 Å². The zero-order valence-corrected chi connectivity index (χ0v) is 15.5. The molecule has 2 atom stereocenters. The van der Waals surface area contributed by atoms with E-state index in [2.05, 4.69) is 53.7 Å². The Labute approximate surface area is 138 Å². The molecule has 0 heterocycles. The topological polar surface area (TPSA) is 34.1 Å². The molecule has 0 saturated carbocycles. The maximum Gasteiger partial charge on any atom is 0.120 e. The molecule has 0 amide bonds. The van der Waals surface area contributed by atoms with Gasteiger partial charge in [-0.2, -0.15) is 0 Å². The molecule has 0 spiro atoms. The first-order valence-corrected chi connectivity index (χ1v) is 8.47. The predicted molar refractivity (Wildman–Crippen MR) is 97.0 cm³/mol. The maximum absolute atomic E-state index is 10.1. The van der Waals surface area contributed by atoms with Crippen molar-refractivity contribution in [3.8, 4) is 0 Å². The highest BCUT2D eigenvalue weighted by molar-refractivity contribution is 5.49. The van der Waals surface area contributed by atoms with Gasteiger partial charge in [0.25, 0.3) is 0 Å². The first-order valence-electron chi connectivity index (χ1n) is 8.47. The van der Waals surface area contributed by atoms with Gasteiger partial charge in [0, 0.05) is 12.8 Å². The lowest BCUT2D eigenvalue weighted by Gasteiger charge is -2.03. The molecule has 0 aliphatic carbocycles. The molecule has 0 aliphatic heterocycles. The summed E-state index contributed by atoms with van der Waals surface area (Å²) in [6.45, 7) is 12.6. The molecule has 2 nitrogen and oxygen atoms in total. The minimum absolute atomic E-state index is 0.545. The highest BCUT2D eigenvalue weighted by Crippen LogP contribution is 2.10. The summed E-state index contributed by atoms with van der Waals surface area (Å²) in [7, 11) is 0. The van der Waals surface area contributed by atoms with Crippen LogP contribution in [-0.4, -0.2) is 12.6 Å². The van der Waals surface area contributed by atoms with E-state index in [1.165, 1.54) is 11.1 Å². The molecule has 0 saturated heterocycles. The Kier molecular flexibility index (Phi) is 17.0. The summed E-state index contributed by atoms with van der Waals surface area (Å²) in [5, 5.41) is 0. The van der Waals surface area contributed by atoms with Gasteiger partial charge >= 0.3 is 0 Å². The van der Waals surface area contributed by atoms with Gasteiger partial charge < -0.3 is 9.59 Å². The van der Waals surface area contributed by atoms with Crippen LogP contribution in [0.2, 0.25) is 0 Å². The van der Waals surface area contributed by atoms with Crippen LogP contribution < -0.4 is 0 Å². The molecular formula is C20H36O2. The summed E-state index contributed by atoms with van der Waals surface area (Å²) >= 11 is 0. The van der Waals surface area contributed by atoms with E-state index < -0.39 is 0 Å². The Morgan fingerprint density at radius 1 is 0.727 bits per heavy atom. The van der Waals surface area contributed by atoms with Crippen molar-refractivity contribution in [3.05, 3.63) is 23.3 Å². The molecule has 0 N–H and O–H groups in total. The molecule has 0 aromatic heterocycles. The molecular weight excluding hydrogens is 272 g/mol. The average Bonchev–Trinajstić information content (AvgIpc) is 2.39. The van der Waals surface area contributed by atoms with Gasteiger partial charge in [0.15, 0.2) is 0 Å². The summed E-state index contributed by atoms with van der Waals surface area (Å²) in [6, 6.07) is 0. The van der Waals surface area contributed by atoms with Crippen LogP contribution >= 0.6 is 0 Å². The van der Waals surface area contributed by atoms with Crippen molar-refractivity contribution in [1.29, 1.82) is 0 Å². The number of aldehydes is 2. The summed E-state index contributed by atoms with van der Waals surface area (Å²) in [5.41, 5.74) is 2.73. The van der Waals surface area contributed by atoms with E-state index in [-0.39, 0.29) is 0 Å². The standard InChI is InChI=1S/2C10H18O/c2*1-9(2)5-4-6-10(3)7-8-11/h2*5,8,10H,4,6-7H2,1-3H3. The highest BCUT2D eigenvalue weighted by Gasteiger charge is 1.98. The molecule has 0 aliphatic rings. The number of rotatable bonds is 10. The molecule has 0 radical (unpaired) electrons. The lowest BCUT2D eigenvalue weighted by atomic mass is 10.0. The second kappa shape index (κ2) is 16.2. The number of allylic oxidation sites excluding steroid dienone is 4. The normalized spacial score (nSPS) is 12.3. The third kappa shape index (κ3) is 21.1. The van der Waals surface area contributed by atoms with Crippen LogP contribution in [0.4, 0.5) is 0 Å². The Morgan fingerprint density at radius 2 is 1.05 bits per heavy atom. The third-order valence-electron chi connectivity index (χ3n) is 3.42. The van der Waals surface area contributed by atoms with Gasteiger partial charge in [-0.1, -0.05) is 37.1 Å². The molecule has 22 heavy (non-hydrogen) atoms. The van der Waals surface area contributed by atoms with Crippen molar-refractivity contribution in [2.24, 2.45) is 11.8 Å². The van der Waals surface area contributed by atoms with Gasteiger partial charge in [0.2, 0.25) is 0 Å². The Morgan fingerprint density at radius 3 is 1.27 bits per heavy atom. The third-order valence-corrected chi connectivity index (χ3v) is 3.42. The van der Waals surface area contributed by atoms with Crippen LogP contribution in [0.3, 0.4) is 0 Å².